The molecule has 0 spiro atoms. The lowest BCUT2D eigenvalue weighted by Gasteiger charge is -1.97. The summed E-state index contributed by atoms with van der Waals surface area (Å²) in [5.41, 5.74) is 0.631. The van der Waals surface area contributed by atoms with Crippen LogP contribution in [-0.2, 0) is 4.79 Å². The maximum Gasteiger partial charge on any atom is 0.336 e. The van der Waals surface area contributed by atoms with E-state index in [0.717, 1.165) is 6.08 Å². The van der Waals surface area contributed by atoms with Crippen molar-refractivity contribution in [2.75, 3.05) is 0 Å². The molecule has 0 heterocycles. The molecule has 4 heteroatoms. The molecule has 0 saturated heterocycles. The molecular weight excluding hydrogens is 187 g/mol. The van der Waals surface area contributed by atoms with Gasteiger partial charge in [0.1, 0.15) is 5.82 Å². The standard InChI is InChI=1S/C10H9FO3/c11-8-4-1-7(2-5-8)3-6-9(12)10(13)14/h1-6,9,12H,(H,13,14)/b6-3+. The van der Waals surface area contributed by atoms with E-state index in [1.165, 1.54) is 30.3 Å². The van der Waals surface area contributed by atoms with E-state index in [4.69, 9.17) is 10.2 Å². The largest absolute Gasteiger partial charge is 0.479 e. The van der Waals surface area contributed by atoms with Crippen LogP contribution >= 0.6 is 0 Å². The second-order valence-electron chi connectivity index (χ2n) is 2.69. The lowest BCUT2D eigenvalue weighted by Crippen LogP contribution is -2.15. The highest BCUT2D eigenvalue weighted by Crippen LogP contribution is 2.05. The fourth-order valence-electron chi connectivity index (χ4n) is 0.858. The van der Waals surface area contributed by atoms with E-state index in [1.54, 1.807) is 0 Å². The minimum Gasteiger partial charge on any atom is -0.479 e. The van der Waals surface area contributed by atoms with Gasteiger partial charge in [0.15, 0.2) is 6.10 Å². The molecule has 0 fully saturated rings. The Kier molecular flexibility index (Phi) is 3.36. The Hall–Kier alpha value is -1.68. The molecular formula is C10H9FO3. The molecule has 1 atom stereocenters. The van der Waals surface area contributed by atoms with Gasteiger partial charge in [0.05, 0.1) is 0 Å². The Morgan fingerprint density at radius 2 is 1.93 bits per heavy atom. The van der Waals surface area contributed by atoms with Gasteiger partial charge >= 0.3 is 5.97 Å². The van der Waals surface area contributed by atoms with Crippen molar-refractivity contribution in [3.8, 4) is 0 Å². The molecule has 0 bridgehead atoms. The summed E-state index contributed by atoms with van der Waals surface area (Å²) in [6, 6.07) is 5.49. The van der Waals surface area contributed by atoms with E-state index in [2.05, 4.69) is 0 Å². The first-order chi connectivity index (χ1) is 6.59. The molecule has 0 aliphatic heterocycles. The molecule has 1 aromatic carbocycles. The van der Waals surface area contributed by atoms with Crippen LogP contribution in [0, 0.1) is 5.82 Å². The number of carbonyl (C=O) groups is 1. The molecule has 2 N–H and O–H groups in total. The van der Waals surface area contributed by atoms with Crippen molar-refractivity contribution in [3.05, 3.63) is 41.7 Å². The van der Waals surface area contributed by atoms with Crippen LogP contribution in [0.3, 0.4) is 0 Å². The van der Waals surface area contributed by atoms with Crippen LogP contribution in [0.25, 0.3) is 6.08 Å². The van der Waals surface area contributed by atoms with E-state index in [0.29, 0.717) is 5.56 Å². The highest BCUT2D eigenvalue weighted by molar-refractivity contribution is 5.75. The summed E-state index contributed by atoms with van der Waals surface area (Å²) < 4.78 is 12.4. The third-order valence-electron chi connectivity index (χ3n) is 1.59. The Balaban J connectivity index is 2.69. The third kappa shape index (κ3) is 2.99. The quantitative estimate of drug-likeness (QED) is 0.765. The number of carboxylic acids is 1. The first kappa shape index (κ1) is 10.4. The van der Waals surface area contributed by atoms with Crippen molar-refractivity contribution >= 4 is 12.0 Å². The molecule has 0 amide bonds. The third-order valence-corrected chi connectivity index (χ3v) is 1.59. The molecule has 14 heavy (non-hydrogen) atoms. The Morgan fingerprint density at radius 3 is 2.43 bits per heavy atom. The smallest absolute Gasteiger partial charge is 0.336 e. The number of halogens is 1. The zero-order valence-electron chi connectivity index (χ0n) is 7.22. The lowest BCUT2D eigenvalue weighted by molar-refractivity contribution is -0.143. The number of rotatable bonds is 3. The molecule has 1 rings (SSSR count). The first-order valence-electron chi connectivity index (χ1n) is 3.94. The summed E-state index contributed by atoms with van der Waals surface area (Å²) in [5.74, 6) is -1.68. The fourth-order valence-corrected chi connectivity index (χ4v) is 0.858. The van der Waals surface area contributed by atoms with Crippen LogP contribution in [0.4, 0.5) is 4.39 Å². The fraction of sp³-hybridized carbons (Fsp3) is 0.100. The molecule has 0 aromatic heterocycles. The predicted molar refractivity (Wildman–Crippen MR) is 49.1 cm³/mol. The minimum atomic E-state index is -1.53. The van der Waals surface area contributed by atoms with E-state index >= 15 is 0 Å². The second-order valence-corrected chi connectivity index (χ2v) is 2.69. The summed E-state index contributed by atoms with van der Waals surface area (Å²) in [6.07, 6.45) is 1.01. The van der Waals surface area contributed by atoms with Crippen molar-refractivity contribution in [1.29, 1.82) is 0 Å². The highest BCUT2D eigenvalue weighted by Gasteiger charge is 2.06. The molecule has 0 saturated carbocycles. The van der Waals surface area contributed by atoms with Crippen LogP contribution < -0.4 is 0 Å². The van der Waals surface area contributed by atoms with Gasteiger partial charge in [0.2, 0.25) is 0 Å². The zero-order chi connectivity index (χ0) is 10.6. The average molecular weight is 196 g/mol. The van der Waals surface area contributed by atoms with Gasteiger partial charge in [0.25, 0.3) is 0 Å². The number of hydrogen-bond acceptors (Lipinski definition) is 2. The highest BCUT2D eigenvalue weighted by atomic mass is 19.1. The Labute approximate surface area is 80.1 Å². The predicted octanol–water partition coefficient (Wildman–Crippen LogP) is 1.28. The van der Waals surface area contributed by atoms with Crippen molar-refractivity contribution in [1.82, 2.24) is 0 Å². The molecule has 1 unspecified atom stereocenters. The maximum absolute atomic E-state index is 12.4. The summed E-state index contributed by atoms with van der Waals surface area (Å²) in [5, 5.41) is 17.2. The van der Waals surface area contributed by atoms with Gasteiger partial charge in [-0.1, -0.05) is 18.2 Å². The van der Waals surface area contributed by atoms with Crippen LogP contribution in [0.15, 0.2) is 30.3 Å². The van der Waals surface area contributed by atoms with Gasteiger partial charge in [-0.05, 0) is 23.8 Å². The SMILES string of the molecule is O=C(O)C(O)/C=C/c1ccc(F)cc1. The average Bonchev–Trinajstić information content (AvgIpc) is 2.16. The van der Waals surface area contributed by atoms with Gasteiger partial charge < -0.3 is 10.2 Å². The molecule has 0 aliphatic rings. The lowest BCUT2D eigenvalue weighted by atomic mass is 10.2. The van der Waals surface area contributed by atoms with Crippen LogP contribution in [0.2, 0.25) is 0 Å². The number of aliphatic carboxylic acids is 1. The monoisotopic (exact) mass is 196 g/mol. The topological polar surface area (TPSA) is 57.5 Å². The van der Waals surface area contributed by atoms with Crippen LogP contribution in [0.1, 0.15) is 5.56 Å². The van der Waals surface area contributed by atoms with E-state index in [-0.39, 0.29) is 5.82 Å². The van der Waals surface area contributed by atoms with Crippen molar-refractivity contribution < 1.29 is 19.4 Å². The second kappa shape index (κ2) is 4.53. The van der Waals surface area contributed by atoms with Gasteiger partial charge in [-0.2, -0.15) is 0 Å². The molecule has 0 aliphatic carbocycles. The zero-order valence-corrected chi connectivity index (χ0v) is 7.22. The van der Waals surface area contributed by atoms with Crippen molar-refractivity contribution in [2.24, 2.45) is 0 Å². The van der Waals surface area contributed by atoms with Gasteiger partial charge in [-0.15, -0.1) is 0 Å². The number of aliphatic hydroxyl groups is 1. The number of carboxylic acid groups (broad SMARTS) is 1. The van der Waals surface area contributed by atoms with Crippen molar-refractivity contribution in [2.45, 2.75) is 6.10 Å². The van der Waals surface area contributed by atoms with Gasteiger partial charge in [-0.3, -0.25) is 0 Å². The van der Waals surface area contributed by atoms with Gasteiger partial charge in [-0.25, -0.2) is 9.18 Å². The number of hydrogen-bond donors (Lipinski definition) is 2. The summed E-state index contributed by atoms with van der Waals surface area (Å²) in [7, 11) is 0. The summed E-state index contributed by atoms with van der Waals surface area (Å²) in [4.78, 5) is 10.2. The van der Waals surface area contributed by atoms with E-state index in [9.17, 15) is 9.18 Å². The molecule has 1 aromatic rings. The summed E-state index contributed by atoms with van der Waals surface area (Å²) >= 11 is 0. The maximum atomic E-state index is 12.4. The minimum absolute atomic E-state index is 0.360. The Morgan fingerprint density at radius 1 is 1.36 bits per heavy atom. The molecule has 0 radical (unpaired) electrons. The Bertz CT molecular complexity index is 343. The molecule has 3 nitrogen and oxygen atoms in total. The number of aliphatic hydroxyl groups excluding tert-OH is 1. The first-order valence-corrected chi connectivity index (χ1v) is 3.94. The van der Waals surface area contributed by atoms with Crippen LogP contribution in [-0.4, -0.2) is 22.3 Å². The van der Waals surface area contributed by atoms with Gasteiger partial charge in [0, 0.05) is 0 Å². The normalized spacial score (nSPS) is 13.0. The summed E-state index contributed by atoms with van der Waals surface area (Å²) in [6.45, 7) is 0. The van der Waals surface area contributed by atoms with E-state index in [1.807, 2.05) is 0 Å². The van der Waals surface area contributed by atoms with Crippen LogP contribution in [0.5, 0.6) is 0 Å². The number of benzene rings is 1. The van der Waals surface area contributed by atoms with E-state index < -0.39 is 12.1 Å². The van der Waals surface area contributed by atoms with Crippen molar-refractivity contribution in [3.63, 3.8) is 0 Å². The molecule has 74 valence electrons.